The number of rotatable bonds is 6. The average molecular weight is 366 g/mol. The summed E-state index contributed by atoms with van der Waals surface area (Å²) >= 11 is 0. The first-order valence-corrected chi connectivity index (χ1v) is 9.63. The second-order valence-electron chi connectivity index (χ2n) is 7.24. The number of amides is 1. The van der Waals surface area contributed by atoms with E-state index in [2.05, 4.69) is 5.32 Å². The number of nitrogens with zero attached hydrogens (tertiary/aromatic N) is 1. The van der Waals surface area contributed by atoms with E-state index < -0.39 is 0 Å². The Morgan fingerprint density at radius 3 is 2.67 bits per heavy atom. The first-order chi connectivity index (χ1) is 13.3. The molecule has 27 heavy (non-hydrogen) atoms. The lowest BCUT2D eigenvalue weighted by Gasteiger charge is -2.37. The molecule has 1 aliphatic heterocycles. The molecular weight excluding hydrogens is 340 g/mol. The second kappa shape index (κ2) is 8.01. The van der Waals surface area contributed by atoms with Gasteiger partial charge in [0.1, 0.15) is 11.5 Å². The monoisotopic (exact) mass is 366 g/mol. The highest BCUT2D eigenvalue weighted by Crippen LogP contribution is 2.32. The topological polar surface area (TPSA) is 50.8 Å². The van der Waals surface area contributed by atoms with Gasteiger partial charge in [0.25, 0.3) is 5.91 Å². The van der Waals surface area contributed by atoms with Gasteiger partial charge in [0.2, 0.25) is 0 Å². The van der Waals surface area contributed by atoms with E-state index in [9.17, 15) is 4.79 Å². The molecule has 1 aliphatic carbocycles. The summed E-state index contributed by atoms with van der Waals surface area (Å²) in [6.45, 7) is 2.96. The molecule has 1 saturated carbocycles. The van der Waals surface area contributed by atoms with Gasteiger partial charge >= 0.3 is 0 Å². The first kappa shape index (κ1) is 17.9. The van der Waals surface area contributed by atoms with Crippen LogP contribution < -0.4 is 14.8 Å². The van der Waals surface area contributed by atoms with Crippen LogP contribution in [-0.4, -0.2) is 44.2 Å². The Morgan fingerprint density at radius 1 is 1.15 bits per heavy atom. The third-order valence-electron chi connectivity index (χ3n) is 5.29. The van der Waals surface area contributed by atoms with Crippen molar-refractivity contribution in [2.45, 2.75) is 18.9 Å². The number of carbonyl (C=O) groups excluding carboxylic acids is 1. The van der Waals surface area contributed by atoms with Gasteiger partial charge < -0.3 is 19.7 Å². The molecule has 5 heteroatoms. The lowest BCUT2D eigenvalue weighted by atomic mass is 10.0. The maximum absolute atomic E-state index is 13.2. The number of ether oxygens (including phenoxy) is 2. The van der Waals surface area contributed by atoms with Crippen LogP contribution in [-0.2, 0) is 0 Å². The third-order valence-corrected chi connectivity index (χ3v) is 5.29. The fourth-order valence-corrected chi connectivity index (χ4v) is 3.53. The molecule has 0 bridgehead atoms. The average Bonchev–Trinajstić information content (AvgIpc) is 3.56. The molecule has 2 aromatic carbocycles. The van der Waals surface area contributed by atoms with Gasteiger partial charge in [0, 0.05) is 30.8 Å². The number of hydrogen-bond acceptors (Lipinski definition) is 4. The highest BCUT2D eigenvalue weighted by Gasteiger charge is 2.30. The fourth-order valence-electron chi connectivity index (χ4n) is 3.53. The van der Waals surface area contributed by atoms with Gasteiger partial charge in [-0.3, -0.25) is 4.79 Å². The SMILES string of the molecule is COc1ccccc1C1CNCCN1C(=O)c1ccc(OCC2CC2)cc1. The lowest BCUT2D eigenvalue weighted by Crippen LogP contribution is -2.48. The molecule has 1 saturated heterocycles. The molecule has 0 aromatic heterocycles. The first-order valence-electron chi connectivity index (χ1n) is 9.63. The van der Waals surface area contributed by atoms with E-state index in [-0.39, 0.29) is 11.9 Å². The Kier molecular flexibility index (Phi) is 5.30. The van der Waals surface area contributed by atoms with Gasteiger partial charge in [-0.05, 0) is 49.1 Å². The molecular formula is C22H26N2O3. The largest absolute Gasteiger partial charge is 0.496 e. The van der Waals surface area contributed by atoms with Crippen LogP contribution >= 0.6 is 0 Å². The van der Waals surface area contributed by atoms with Gasteiger partial charge in [-0.15, -0.1) is 0 Å². The van der Waals surface area contributed by atoms with E-state index in [1.165, 1.54) is 12.8 Å². The van der Waals surface area contributed by atoms with Crippen LogP contribution in [0.5, 0.6) is 11.5 Å². The summed E-state index contributed by atoms with van der Waals surface area (Å²) in [5.41, 5.74) is 1.72. The van der Waals surface area contributed by atoms with Crippen molar-refractivity contribution in [1.82, 2.24) is 10.2 Å². The van der Waals surface area contributed by atoms with Crippen molar-refractivity contribution in [3.63, 3.8) is 0 Å². The molecule has 4 rings (SSSR count). The Hall–Kier alpha value is -2.53. The molecule has 0 radical (unpaired) electrons. The molecule has 2 fully saturated rings. The van der Waals surface area contributed by atoms with Crippen LogP contribution in [0.2, 0.25) is 0 Å². The molecule has 1 amide bonds. The van der Waals surface area contributed by atoms with Gasteiger partial charge in [-0.2, -0.15) is 0 Å². The molecule has 2 aromatic rings. The number of hydrogen-bond donors (Lipinski definition) is 1. The minimum absolute atomic E-state index is 0.0427. The highest BCUT2D eigenvalue weighted by atomic mass is 16.5. The van der Waals surface area contributed by atoms with Crippen molar-refractivity contribution in [3.8, 4) is 11.5 Å². The smallest absolute Gasteiger partial charge is 0.254 e. The summed E-state index contributed by atoms with van der Waals surface area (Å²) in [6.07, 6.45) is 2.54. The summed E-state index contributed by atoms with van der Waals surface area (Å²) < 4.78 is 11.3. The van der Waals surface area contributed by atoms with Crippen LogP contribution in [0.4, 0.5) is 0 Å². The fraction of sp³-hybridized carbons (Fsp3) is 0.409. The van der Waals surface area contributed by atoms with Gasteiger partial charge in [-0.1, -0.05) is 18.2 Å². The zero-order valence-corrected chi connectivity index (χ0v) is 15.7. The molecule has 1 N–H and O–H groups in total. The number of benzene rings is 2. The van der Waals surface area contributed by atoms with Gasteiger partial charge in [0.05, 0.1) is 19.8 Å². The third kappa shape index (κ3) is 4.08. The summed E-state index contributed by atoms with van der Waals surface area (Å²) in [6, 6.07) is 15.4. The molecule has 0 spiro atoms. The minimum Gasteiger partial charge on any atom is -0.496 e. The zero-order valence-electron chi connectivity index (χ0n) is 15.7. The summed E-state index contributed by atoms with van der Waals surface area (Å²) in [5.74, 6) is 2.41. The van der Waals surface area contributed by atoms with E-state index in [4.69, 9.17) is 9.47 Å². The minimum atomic E-state index is -0.0480. The van der Waals surface area contributed by atoms with E-state index in [0.29, 0.717) is 24.6 Å². The Bertz CT molecular complexity index is 786. The van der Waals surface area contributed by atoms with Gasteiger partial charge in [-0.25, -0.2) is 0 Å². The molecule has 2 aliphatic rings. The number of carbonyl (C=O) groups is 1. The van der Waals surface area contributed by atoms with Crippen molar-refractivity contribution >= 4 is 5.91 Å². The van der Waals surface area contributed by atoms with E-state index in [0.717, 1.165) is 30.2 Å². The Morgan fingerprint density at radius 2 is 1.93 bits per heavy atom. The maximum Gasteiger partial charge on any atom is 0.254 e. The molecule has 5 nitrogen and oxygen atoms in total. The summed E-state index contributed by atoms with van der Waals surface area (Å²) in [4.78, 5) is 15.1. The van der Waals surface area contributed by atoms with Crippen molar-refractivity contribution in [2.75, 3.05) is 33.4 Å². The van der Waals surface area contributed by atoms with Crippen LogP contribution in [0.25, 0.3) is 0 Å². The predicted octanol–water partition coefficient (Wildman–Crippen LogP) is 3.27. The standard InChI is InChI=1S/C22H26N2O3/c1-26-21-5-3-2-4-19(21)20-14-23-12-13-24(20)22(25)17-8-10-18(11-9-17)27-15-16-6-7-16/h2-5,8-11,16,20,23H,6-7,12-15H2,1H3. The van der Waals surface area contributed by atoms with Crippen molar-refractivity contribution < 1.29 is 14.3 Å². The number of piperazine rings is 1. The zero-order chi connectivity index (χ0) is 18.6. The van der Waals surface area contributed by atoms with E-state index in [1.54, 1.807) is 7.11 Å². The highest BCUT2D eigenvalue weighted by molar-refractivity contribution is 5.94. The second-order valence-corrected chi connectivity index (χ2v) is 7.24. The molecule has 1 heterocycles. The van der Waals surface area contributed by atoms with Crippen molar-refractivity contribution in [2.24, 2.45) is 5.92 Å². The predicted molar refractivity (Wildman–Crippen MR) is 104 cm³/mol. The van der Waals surface area contributed by atoms with Crippen LogP contribution in [0.1, 0.15) is 34.8 Å². The quantitative estimate of drug-likeness (QED) is 0.853. The van der Waals surface area contributed by atoms with E-state index >= 15 is 0 Å². The summed E-state index contributed by atoms with van der Waals surface area (Å²) in [7, 11) is 1.67. The lowest BCUT2D eigenvalue weighted by molar-refractivity contribution is 0.0631. The Labute approximate surface area is 160 Å². The molecule has 1 unspecified atom stereocenters. The normalized spacial score (nSPS) is 19.6. The summed E-state index contributed by atoms with van der Waals surface area (Å²) in [5, 5.41) is 3.39. The van der Waals surface area contributed by atoms with Crippen LogP contribution in [0.3, 0.4) is 0 Å². The number of para-hydroxylation sites is 1. The van der Waals surface area contributed by atoms with Gasteiger partial charge in [0.15, 0.2) is 0 Å². The van der Waals surface area contributed by atoms with Crippen LogP contribution in [0, 0.1) is 5.92 Å². The molecule has 142 valence electrons. The Balaban J connectivity index is 1.51. The van der Waals surface area contributed by atoms with Crippen molar-refractivity contribution in [1.29, 1.82) is 0 Å². The van der Waals surface area contributed by atoms with Crippen LogP contribution in [0.15, 0.2) is 48.5 Å². The maximum atomic E-state index is 13.2. The van der Waals surface area contributed by atoms with Crippen molar-refractivity contribution in [3.05, 3.63) is 59.7 Å². The number of nitrogens with one attached hydrogen (secondary N) is 1. The number of methoxy groups -OCH3 is 1. The van der Waals surface area contributed by atoms with E-state index in [1.807, 2.05) is 53.4 Å². The molecule has 1 atom stereocenters.